The first-order valence-corrected chi connectivity index (χ1v) is 14.9. The van der Waals surface area contributed by atoms with E-state index >= 15 is 0 Å². The molecule has 10 heteroatoms. The quantitative estimate of drug-likeness (QED) is 0.325. The Kier molecular flexibility index (Phi) is 9.07. The number of ether oxygens (including phenoxy) is 2. The fourth-order valence-electron chi connectivity index (χ4n) is 4.43. The van der Waals surface area contributed by atoms with Crippen LogP contribution in [-0.4, -0.2) is 56.9 Å². The summed E-state index contributed by atoms with van der Waals surface area (Å²) in [6, 6.07) is 13.8. The van der Waals surface area contributed by atoms with Gasteiger partial charge in [-0.05, 0) is 72.2 Å². The molecule has 0 radical (unpaired) electrons. The molecular weight excluding hydrogens is 527 g/mol. The molecule has 2 aromatic carbocycles. The third kappa shape index (κ3) is 6.36. The van der Waals surface area contributed by atoms with Gasteiger partial charge in [-0.25, -0.2) is 12.8 Å². The Morgan fingerprint density at radius 3 is 2.58 bits per heavy atom. The lowest BCUT2D eigenvalue weighted by molar-refractivity contribution is -0.135. The average molecular weight is 561 g/mol. The number of halogens is 1. The third-order valence-electron chi connectivity index (χ3n) is 6.61. The highest BCUT2D eigenvalue weighted by molar-refractivity contribution is 7.89. The van der Waals surface area contributed by atoms with Gasteiger partial charge in [0.05, 0.1) is 24.6 Å². The minimum absolute atomic E-state index is 0.0631. The van der Waals surface area contributed by atoms with Crippen LogP contribution >= 0.6 is 11.3 Å². The monoisotopic (exact) mass is 560 g/mol. The van der Waals surface area contributed by atoms with E-state index in [1.807, 2.05) is 25.3 Å². The van der Waals surface area contributed by atoms with Crippen LogP contribution in [-0.2, 0) is 21.2 Å². The molecule has 204 valence electrons. The molecule has 38 heavy (non-hydrogen) atoms. The summed E-state index contributed by atoms with van der Waals surface area (Å²) in [6.07, 6.45) is 1.28. The standard InChI is InChI=1S/C28H33FN2O5S2/c1-20(2)12-15-30(38(33,34)22-10-8-21(35-3)9-11-22)18-28(32)31-16-13-27-23(14-17-37-27)25(31)19-36-26-7-5-4-6-24(26)29/h4-11,14,17,20,25H,12-13,15-16,18-19H2,1-3H3/t25-/m1/s1. The average Bonchev–Trinajstić information content (AvgIpc) is 3.39. The van der Waals surface area contributed by atoms with E-state index in [4.69, 9.17) is 9.47 Å². The summed E-state index contributed by atoms with van der Waals surface area (Å²) in [5.41, 5.74) is 0.956. The van der Waals surface area contributed by atoms with Crippen molar-refractivity contribution in [3.05, 3.63) is 76.2 Å². The van der Waals surface area contributed by atoms with E-state index in [9.17, 15) is 17.6 Å². The number of hydrogen-bond donors (Lipinski definition) is 0. The molecule has 1 amide bonds. The summed E-state index contributed by atoms with van der Waals surface area (Å²) in [4.78, 5) is 16.7. The number of benzene rings is 2. The Hall–Kier alpha value is -2.95. The number of methoxy groups -OCH3 is 1. The van der Waals surface area contributed by atoms with Crippen molar-refractivity contribution < 1.29 is 27.1 Å². The Balaban J connectivity index is 1.58. The summed E-state index contributed by atoms with van der Waals surface area (Å²) in [7, 11) is -2.42. The van der Waals surface area contributed by atoms with Gasteiger partial charge >= 0.3 is 0 Å². The van der Waals surface area contributed by atoms with Crippen LogP contribution in [0.25, 0.3) is 0 Å². The lowest BCUT2D eigenvalue weighted by Gasteiger charge is -2.37. The second-order valence-corrected chi connectivity index (χ2v) is 12.5. The van der Waals surface area contributed by atoms with Gasteiger partial charge in [0.1, 0.15) is 12.4 Å². The molecule has 0 unspecified atom stereocenters. The second kappa shape index (κ2) is 12.3. The minimum Gasteiger partial charge on any atom is -0.497 e. The molecule has 0 bridgehead atoms. The van der Waals surface area contributed by atoms with Gasteiger partial charge in [-0.2, -0.15) is 4.31 Å². The van der Waals surface area contributed by atoms with Gasteiger partial charge in [-0.3, -0.25) is 4.79 Å². The van der Waals surface area contributed by atoms with Crippen molar-refractivity contribution in [1.82, 2.24) is 9.21 Å². The Bertz CT molecular complexity index is 1340. The van der Waals surface area contributed by atoms with Crippen LogP contribution in [0.15, 0.2) is 64.9 Å². The summed E-state index contributed by atoms with van der Waals surface area (Å²) in [5, 5.41) is 1.97. The van der Waals surface area contributed by atoms with Crippen LogP contribution in [0.1, 0.15) is 36.8 Å². The smallest absolute Gasteiger partial charge is 0.243 e. The van der Waals surface area contributed by atoms with E-state index in [0.717, 1.165) is 10.4 Å². The van der Waals surface area contributed by atoms with Crippen LogP contribution in [0.5, 0.6) is 11.5 Å². The number of hydrogen-bond acceptors (Lipinski definition) is 6. The van der Waals surface area contributed by atoms with Gasteiger partial charge < -0.3 is 14.4 Å². The van der Waals surface area contributed by atoms with E-state index in [-0.39, 0.29) is 42.2 Å². The molecule has 1 aromatic heterocycles. The lowest BCUT2D eigenvalue weighted by atomic mass is 10.0. The third-order valence-corrected chi connectivity index (χ3v) is 9.47. The molecular formula is C28H33FN2O5S2. The van der Waals surface area contributed by atoms with E-state index in [0.29, 0.717) is 25.1 Å². The highest BCUT2D eigenvalue weighted by Gasteiger charge is 2.35. The molecule has 1 atom stereocenters. The fourth-order valence-corrected chi connectivity index (χ4v) is 6.76. The fraction of sp³-hybridized carbons (Fsp3) is 0.393. The zero-order valence-electron chi connectivity index (χ0n) is 21.8. The summed E-state index contributed by atoms with van der Waals surface area (Å²) in [5.74, 6) is 0.125. The van der Waals surface area contributed by atoms with E-state index in [2.05, 4.69) is 0 Å². The van der Waals surface area contributed by atoms with E-state index in [1.165, 1.54) is 29.6 Å². The largest absolute Gasteiger partial charge is 0.497 e. The zero-order chi connectivity index (χ0) is 27.3. The number of sulfonamides is 1. The van der Waals surface area contributed by atoms with Crippen LogP contribution in [0.3, 0.4) is 0 Å². The highest BCUT2D eigenvalue weighted by atomic mass is 32.2. The van der Waals surface area contributed by atoms with Gasteiger partial charge in [-0.15, -0.1) is 11.3 Å². The molecule has 0 spiro atoms. The van der Waals surface area contributed by atoms with Crippen molar-refractivity contribution in [2.75, 3.05) is 33.4 Å². The Morgan fingerprint density at radius 2 is 1.89 bits per heavy atom. The first-order valence-electron chi connectivity index (χ1n) is 12.6. The summed E-state index contributed by atoms with van der Waals surface area (Å²) in [6.45, 7) is 4.44. The maximum Gasteiger partial charge on any atom is 0.243 e. The first kappa shape index (κ1) is 28.1. The van der Waals surface area contributed by atoms with Crippen molar-refractivity contribution in [3.63, 3.8) is 0 Å². The van der Waals surface area contributed by atoms with Crippen molar-refractivity contribution in [2.45, 2.75) is 37.6 Å². The van der Waals surface area contributed by atoms with Crippen molar-refractivity contribution in [1.29, 1.82) is 0 Å². The van der Waals surface area contributed by atoms with Gasteiger partial charge in [-0.1, -0.05) is 26.0 Å². The molecule has 2 heterocycles. The van der Waals surface area contributed by atoms with Crippen LogP contribution < -0.4 is 9.47 Å². The van der Waals surface area contributed by atoms with Crippen molar-refractivity contribution in [3.8, 4) is 11.5 Å². The van der Waals surface area contributed by atoms with Gasteiger partial charge in [0, 0.05) is 18.0 Å². The molecule has 3 aromatic rings. The van der Waals surface area contributed by atoms with Crippen LogP contribution in [0, 0.1) is 11.7 Å². The number of nitrogens with zero attached hydrogens (tertiary/aromatic N) is 2. The normalized spacial score (nSPS) is 15.5. The molecule has 4 rings (SSSR count). The molecule has 0 saturated heterocycles. The van der Waals surface area contributed by atoms with Crippen LogP contribution in [0.2, 0.25) is 0 Å². The molecule has 1 aliphatic rings. The van der Waals surface area contributed by atoms with E-state index < -0.39 is 21.9 Å². The SMILES string of the molecule is COc1ccc(S(=O)(=O)N(CCC(C)C)CC(=O)N2CCc3sccc3[C@H]2COc2ccccc2F)cc1. The minimum atomic E-state index is -3.93. The predicted molar refractivity (Wildman–Crippen MR) is 146 cm³/mol. The second-order valence-electron chi connectivity index (χ2n) is 9.59. The number of fused-ring (bicyclic) bond motifs is 1. The van der Waals surface area contributed by atoms with Crippen molar-refractivity contribution >= 4 is 27.3 Å². The van der Waals surface area contributed by atoms with Gasteiger partial charge in [0.15, 0.2) is 11.6 Å². The molecule has 0 fully saturated rings. The van der Waals surface area contributed by atoms with Crippen molar-refractivity contribution in [2.24, 2.45) is 5.92 Å². The number of carbonyl (C=O) groups is 1. The van der Waals surface area contributed by atoms with E-state index in [1.54, 1.807) is 46.6 Å². The number of thiophene rings is 1. The Morgan fingerprint density at radius 1 is 1.16 bits per heavy atom. The Labute approximate surface area is 227 Å². The molecule has 0 N–H and O–H groups in total. The highest BCUT2D eigenvalue weighted by Crippen LogP contribution is 2.34. The topological polar surface area (TPSA) is 76.2 Å². The summed E-state index contributed by atoms with van der Waals surface area (Å²) >= 11 is 1.61. The maximum absolute atomic E-state index is 14.2. The first-order chi connectivity index (χ1) is 18.2. The van der Waals surface area contributed by atoms with Crippen LogP contribution in [0.4, 0.5) is 4.39 Å². The number of rotatable bonds is 11. The number of para-hydroxylation sites is 1. The molecule has 0 saturated carbocycles. The number of carbonyl (C=O) groups excluding carboxylic acids is 1. The molecule has 1 aliphatic heterocycles. The molecule has 7 nitrogen and oxygen atoms in total. The van der Waals surface area contributed by atoms with Gasteiger partial charge in [0.25, 0.3) is 0 Å². The summed E-state index contributed by atoms with van der Waals surface area (Å²) < 4.78 is 53.6. The number of amides is 1. The van der Waals surface area contributed by atoms with Gasteiger partial charge in [0.2, 0.25) is 15.9 Å². The molecule has 0 aliphatic carbocycles. The maximum atomic E-state index is 14.2. The lowest BCUT2D eigenvalue weighted by Crippen LogP contribution is -2.48. The predicted octanol–water partition coefficient (Wildman–Crippen LogP) is 5.14. The zero-order valence-corrected chi connectivity index (χ0v) is 23.4.